The Hall–Kier alpha value is -2.04. The van der Waals surface area contributed by atoms with Crippen molar-refractivity contribution in [3.05, 3.63) is 35.4 Å². The normalized spacial score (nSPS) is 18.4. The van der Waals surface area contributed by atoms with Crippen LogP contribution in [0.5, 0.6) is 0 Å². The summed E-state index contributed by atoms with van der Waals surface area (Å²) in [5.74, 6) is 0.725. The van der Waals surface area contributed by atoms with Gasteiger partial charge in [-0.3, -0.25) is 4.79 Å². The number of piperazine rings is 1. The van der Waals surface area contributed by atoms with E-state index in [9.17, 15) is 9.59 Å². The molecule has 2 fully saturated rings. The minimum absolute atomic E-state index is 0.0456. The second-order valence-electron chi connectivity index (χ2n) is 8.55. The number of aryl methyl sites for hydroxylation is 1. The van der Waals surface area contributed by atoms with Gasteiger partial charge in [0.1, 0.15) is 0 Å². The Kier molecular flexibility index (Phi) is 7.35. The summed E-state index contributed by atoms with van der Waals surface area (Å²) < 4.78 is 0. The number of carbonyl (C=O) groups excluding carboxylic acids is 2. The quantitative estimate of drug-likeness (QED) is 0.835. The average molecular weight is 386 g/mol. The van der Waals surface area contributed by atoms with Crippen LogP contribution in [0.25, 0.3) is 0 Å². The first-order valence-corrected chi connectivity index (χ1v) is 10.9. The molecule has 0 atom stereocenters. The molecule has 0 unspecified atom stereocenters. The number of urea groups is 1. The van der Waals surface area contributed by atoms with E-state index in [0.717, 1.165) is 19.3 Å². The van der Waals surface area contributed by atoms with E-state index in [4.69, 9.17) is 0 Å². The number of amides is 3. The molecule has 3 rings (SSSR count). The van der Waals surface area contributed by atoms with E-state index in [0.29, 0.717) is 44.6 Å². The number of nitrogens with zero attached hydrogens (tertiary/aromatic N) is 2. The zero-order valence-electron chi connectivity index (χ0n) is 17.5. The highest BCUT2D eigenvalue weighted by molar-refractivity contribution is 5.78. The van der Waals surface area contributed by atoms with Crippen LogP contribution >= 0.6 is 0 Å². The van der Waals surface area contributed by atoms with Crippen molar-refractivity contribution in [1.82, 2.24) is 15.1 Å². The van der Waals surface area contributed by atoms with Gasteiger partial charge < -0.3 is 15.1 Å². The molecule has 0 aromatic heterocycles. The molecule has 5 nitrogen and oxygen atoms in total. The fourth-order valence-corrected chi connectivity index (χ4v) is 4.15. The lowest BCUT2D eigenvalue weighted by atomic mass is 9.96. The third-order valence-corrected chi connectivity index (χ3v) is 6.13. The highest BCUT2D eigenvalue weighted by Gasteiger charge is 2.25. The van der Waals surface area contributed by atoms with Gasteiger partial charge in [0.15, 0.2) is 0 Å². The van der Waals surface area contributed by atoms with Gasteiger partial charge in [-0.2, -0.15) is 0 Å². The maximum Gasteiger partial charge on any atom is 0.317 e. The molecule has 1 aliphatic carbocycles. The zero-order valence-corrected chi connectivity index (χ0v) is 17.5. The Balaban J connectivity index is 1.39. The average Bonchev–Trinajstić information content (AvgIpc) is 2.73. The molecule has 1 aromatic carbocycles. The molecule has 28 heavy (non-hydrogen) atoms. The van der Waals surface area contributed by atoms with Gasteiger partial charge in [0.25, 0.3) is 0 Å². The first kappa shape index (κ1) is 20.7. The Labute approximate surface area is 169 Å². The monoisotopic (exact) mass is 385 g/mol. The highest BCUT2D eigenvalue weighted by atomic mass is 16.2. The van der Waals surface area contributed by atoms with Crippen molar-refractivity contribution in [2.45, 2.75) is 70.8 Å². The SMILES string of the molecule is CC(C)c1ccc(CCC(=O)N2CCN(C(=O)NC3CCCCC3)CC2)cc1. The Morgan fingerprint density at radius 3 is 2.18 bits per heavy atom. The number of benzene rings is 1. The van der Waals surface area contributed by atoms with Gasteiger partial charge in [0, 0.05) is 38.6 Å². The van der Waals surface area contributed by atoms with Gasteiger partial charge in [0.05, 0.1) is 0 Å². The molecule has 154 valence electrons. The van der Waals surface area contributed by atoms with Crippen LogP contribution in [0, 0.1) is 0 Å². The summed E-state index contributed by atoms with van der Waals surface area (Å²) in [6.45, 7) is 6.92. The number of hydrogen-bond acceptors (Lipinski definition) is 2. The molecular formula is C23H35N3O2. The number of carbonyl (C=O) groups is 2. The van der Waals surface area contributed by atoms with Crippen molar-refractivity contribution in [2.75, 3.05) is 26.2 Å². The highest BCUT2D eigenvalue weighted by Crippen LogP contribution is 2.18. The Bertz CT molecular complexity index is 642. The van der Waals surface area contributed by atoms with E-state index >= 15 is 0 Å². The van der Waals surface area contributed by atoms with E-state index in [1.54, 1.807) is 0 Å². The van der Waals surface area contributed by atoms with Gasteiger partial charge in [-0.25, -0.2) is 4.79 Å². The van der Waals surface area contributed by atoms with Crippen LogP contribution in [0.1, 0.15) is 69.4 Å². The molecular weight excluding hydrogens is 350 g/mol. The topological polar surface area (TPSA) is 52.7 Å². The molecule has 3 amide bonds. The summed E-state index contributed by atoms with van der Waals surface area (Å²) in [4.78, 5) is 28.8. The lowest BCUT2D eigenvalue weighted by molar-refractivity contribution is -0.132. The predicted octanol–water partition coefficient (Wildman–Crippen LogP) is 3.93. The van der Waals surface area contributed by atoms with Gasteiger partial charge >= 0.3 is 6.03 Å². The third-order valence-electron chi connectivity index (χ3n) is 6.13. The lowest BCUT2D eigenvalue weighted by Crippen LogP contribution is -2.54. The van der Waals surface area contributed by atoms with E-state index in [2.05, 4.69) is 43.4 Å². The van der Waals surface area contributed by atoms with Crippen LogP contribution in [-0.2, 0) is 11.2 Å². The molecule has 1 heterocycles. The fourth-order valence-electron chi connectivity index (χ4n) is 4.15. The summed E-state index contributed by atoms with van der Waals surface area (Å²) in [5, 5.41) is 3.18. The zero-order chi connectivity index (χ0) is 19.9. The Morgan fingerprint density at radius 1 is 0.964 bits per heavy atom. The first-order valence-electron chi connectivity index (χ1n) is 10.9. The predicted molar refractivity (Wildman–Crippen MR) is 112 cm³/mol. The minimum Gasteiger partial charge on any atom is -0.339 e. The van der Waals surface area contributed by atoms with Crippen LogP contribution in [-0.4, -0.2) is 54.0 Å². The molecule has 1 saturated heterocycles. The Morgan fingerprint density at radius 2 is 1.57 bits per heavy atom. The van der Waals surface area contributed by atoms with E-state index in [-0.39, 0.29) is 11.9 Å². The van der Waals surface area contributed by atoms with Crippen LogP contribution in [0.3, 0.4) is 0 Å². The summed E-state index contributed by atoms with van der Waals surface area (Å²) in [6.07, 6.45) is 7.23. The van der Waals surface area contributed by atoms with Gasteiger partial charge in [-0.1, -0.05) is 57.4 Å². The number of nitrogens with one attached hydrogen (secondary N) is 1. The molecule has 1 saturated carbocycles. The van der Waals surface area contributed by atoms with Crippen LogP contribution in [0.2, 0.25) is 0 Å². The molecule has 0 radical (unpaired) electrons. The van der Waals surface area contributed by atoms with Crippen molar-refractivity contribution in [3.63, 3.8) is 0 Å². The molecule has 0 bridgehead atoms. The second-order valence-corrected chi connectivity index (χ2v) is 8.55. The van der Waals surface area contributed by atoms with Crippen molar-refractivity contribution in [1.29, 1.82) is 0 Å². The molecule has 1 aliphatic heterocycles. The third kappa shape index (κ3) is 5.73. The number of hydrogen-bond donors (Lipinski definition) is 1. The summed E-state index contributed by atoms with van der Waals surface area (Å²) in [6, 6.07) is 8.97. The molecule has 1 aromatic rings. The molecule has 0 spiro atoms. The first-order chi connectivity index (χ1) is 13.5. The van der Waals surface area contributed by atoms with Crippen LogP contribution in [0.4, 0.5) is 4.79 Å². The molecule has 5 heteroatoms. The van der Waals surface area contributed by atoms with Crippen LogP contribution in [0.15, 0.2) is 24.3 Å². The molecule has 1 N–H and O–H groups in total. The van der Waals surface area contributed by atoms with Crippen molar-refractivity contribution in [2.24, 2.45) is 0 Å². The molecule has 2 aliphatic rings. The van der Waals surface area contributed by atoms with Gasteiger partial charge in [-0.15, -0.1) is 0 Å². The van der Waals surface area contributed by atoms with E-state index < -0.39 is 0 Å². The lowest BCUT2D eigenvalue weighted by Gasteiger charge is -2.36. The summed E-state index contributed by atoms with van der Waals surface area (Å²) in [7, 11) is 0. The van der Waals surface area contributed by atoms with Gasteiger partial charge in [-0.05, 0) is 36.3 Å². The van der Waals surface area contributed by atoms with Gasteiger partial charge in [0.2, 0.25) is 5.91 Å². The van der Waals surface area contributed by atoms with E-state index in [1.807, 2.05) is 9.80 Å². The minimum atomic E-state index is 0.0456. The second kappa shape index (κ2) is 9.94. The smallest absolute Gasteiger partial charge is 0.317 e. The summed E-state index contributed by atoms with van der Waals surface area (Å²) >= 11 is 0. The summed E-state index contributed by atoms with van der Waals surface area (Å²) in [5.41, 5.74) is 2.54. The largest absolute Gasteiger partial charge is 0.339 e. The van der Waals surface area contributed by atoms with Crippen molar-refractivity contribution in [3.8, 4) is 0 Å². The van der Waals surface area contributed by atoms with Crippen LogP contribution < -0.4 is 5.32 Å². The maximum absolute atomic E-state index is 12.5. The standard InChI is InChI=1S/C23H35N3O2/c1-18(2)20-11-8-19(9-12-20)10-13-22(27)25-14-16-26(17-15-25)23(28)24-21-6-4-3-5-7-21/h8-9,11-12,18,21H,3-7,10,13-17H2,1-2H3,(H,24,28). The fraction of sp³-hybridized carbons (Fsp3) is 0.652. The van der Waals surface area contributed by atoms with Crippen molar-refractivity contribution >= 4 is 11.9 Å². The van der Waals surface area contributed by atoms with Crippen molar-refractivity contribution < 1.29 is 9.59 Å². The number of rotatable bonds is 5. The van der Waals surface area contributed by atoms with E-state index in [1.165, 1.54) is 30.4 Å². The maximum atomic E-state index is 12.5.